The van der Waals surface area contributed by atoms with Crippen molar-refractivity contribution in [1.82, 2.24) is 9.38 Å². The maximum absolute atomic E-state index is 13.3. The summed E-state index contributed by atoms with van der Waals surface area (Å²) < 4.78 is 33.3. The summed E-state index contributed by atoms with van der Waals surface area (Å²) >= 11 is 11.9. The Morgan fingerprint density at radius 1 is 1.12 bits per heavy atom. The molecule has 4 rings (SSSR count). The average molecular weight is 512 g/mol. The van der Waals surface area contributed by atoms with Gasteiger partial charge in [-0.1, -0.05) is 29.3 Å². The quantitative estimate of drug-likeness (QED) is 0.330. The van der Waals surface area contributed by atoms with Gasteiger partial charge < -0.3 is 4.74 Å². The molecule has 34 heavy (non-hydrogen) atoms. The van der Waals surface area contributed by atoms with Crippen LogP contribution in [0.2, 0.25) is 10.0 Å². The maximum Gasteiger partial charge on any atom is 0.269 e. The number of halogens is 2. The van der Waals surface area contributed by atoms with Gasteiger partial charge >= 0.3 is 0 Å². The normalized spacial score (nSPS) is 11.9. The van der Waals surface area contributed by atoms with E-state index in [9.17, 15) is 18.5 Å². The molecular formula is C24H15Cl2N3O4S. The van der Waals surface area contributed by atoms with Crippen LogP contribution in [0.25, 0.3) is 11.7 Å². The highest BCUT2D eigenvalue weighted by molar-refractivity contribution is 7.95. The van der Waals surface area contributed by atoms with E-state index in [0.29, 0.717) is 15.8 Å². The van der Waals surface area contributed by atoms with Crippen LogP contribution < -0.4 is 10.3 Å². The largest absolute Gasteiger partial charge is 0.438 e. The Bertz CT molecular complexity index is 1650. The van der Waals surface area contributed by atoms with Crippen molar-refractivity contribution < 1.29 is 13.2 Å². The Morgan fingerprint density at radius 2 is 1.85 bits per heavy atom. The zero-order valence-electron chi connectivity index (χ0n) is 17.6. The highest BCUT2D eigenvalue weighted by atomic mass is 35.5. The van der Waals surface area contributed by atoms with Crippen LogP contribution in [0.5, 0.6) is 11.6 Å². The Kier molecular flexibility index (Phi) is 6.44. The first kappa shape index (κ1) is 23.5. The molecule has 0 atom stereocenters. The third-order valence-electron chi connectivity index (χ3n) is 4.88. The standard InChI is InChI=1S/C24H15Cl2N3O4S/c1-15-12-17(7-10-21(15)26)33-23-20(24(30)29-11-3-2-4-22(29)28-23)13-19(14-27)34(31,32)18-8-5-16(25)6-9-18/h2-13H,1H3/b19-13+. The number of hydrogen-bond donors (Lipinski definition) is 0. The molecule has 0 aliphatic rings. The molecule has 0 bridgehead atoms. The smallest absolute Gasteiger partial charge is 0.269 e. The summed E-state index contributed by atoms with van der Waals surface area (Å²) in [6.45, 7) is 1.78. The zero-order valence-corrected chi connectivity index (χ0v) is 19.9. The van der Waals surface area contributed by atoms with Crippen molar-refractivity contribution in [3.8, 4) is 17.7 Å². The fourth-order valence-electron chi connectivity index (χ4n) is 3.12. The number of rotatable bonds is 5. The zero-order chi connectivity index (χ0) is 24.5. The molecule has 0 radical (unpaired) electrons. The first-order valence-electron chi connectivity index (χ1n) is 9.78. The molecule has 0 N–H and O–H groups in total. The Hall–Kier alpha value is -3.64. The summed E-state index contributed by atoms with van der Waals surface area (Å²) in [6, 6.07) is 16.8. The van der Waals surface area contributed by atoms with Crippen LogP contribution in [0, 0.1) is 18.3 Å². The maximum atomic E-state index is 13.3. The lowest BCUT2D eigenvalue weighted by Gasteiger charge is -2.11. The molecule has 7 nitrogen and oxygen atoms in total. The number of fused-ring (bicyclic) bond motifs is 1. The summed E-state index contributed by atoms with van der Waals surface area (Å²) in [7, 11) is -4.25. The molecule has 4 aromatic rings. The first-order chi connectivity index (χ1) is 16.2. The summed E-state index contributed by atoms with van der Waals surface area (Å²) in [5.74, 6) is 0.180. The van der Waals surface area contributed by atoms with Gasteiger partial charge in [0, 0.05) is 16.2 Å². The van der Waals surface area contributed by atoms with Crippen LogP contribution >= 0.6 is 23.2 Å². The van der Waals surface area contributed by atoms with E-state index < -0.39 is 20.3 Å². The molecule has 0 unspecified atom stereocenters. The van der Waals surface area contributed by atoms with E-state index in [4.69, 9.17) is 27.9 Å². The van der Waals surface area contributed by atoms with E-state index in [0.717, 1.165) is 11.6 Å². The third kappa shape index (κ3) is 4.54. The molecular weight excluding hydrogens is 497 g/mol. The Balaban J connectivity index is 1.93. The highest BCUT2D eigenvalue weighted by Gasteiger charge is 2.23. The summed E-state index contributed by atoms with van der Waals surface area (Å²) in [4.78, 5) is 16.9. The van der Waals surface area contributed by atoms with Crippen LogP contribution in [0.15, 0.2) is 81.5 Å². The predicted octanol–water partition coefficient (Wildman–Crippen LogP) is 5.44. The van der Waals surface area contributed by atoms with E-state index >= 15 is 0 Å². The Morgan fingerprint density at radius 3 is 2.53 bits per heavy atom. The lowest BCUT2D eigenvalue weighted by Crippen LogP contribution is -2.19. The topological polar surface area (TPSA) is 102 Å². The minimum atomic E-state index is -4.25. The lowest BCUT2D eigenvalue weighted by atomic mass is 10.2. The van der Waals surface area contributed by atoms with Crippen LogP contribution in [-0.2, 0) is 9.84 Å². The number of allylic oxidation sites excluding steroid dienone is 1. The number of ether oxygens (including phenoxy) is 1. The van der Waals surface area contributed by atoms with Crippen molar-refractivity contribution in [1.29, 1.82) is 5.26 Å². The van der Waals surface area contributed by atoms with Crippen molar-refractivity contribution in [3.05, 3.63) is 103 Å². The van der Waals surface area contributed by atoms with Gasteiger partial charge in [0.05, 0.1) is 4.90 Å². The molecule has 0 saturated heterocycles. The number of nitriles is 1. The SMILES string of the molecule is Cc1cc(Oc2nc3ccccn3c(=O)c2/C=C(\C#N)S(=O)(=O)c2ccc(Cl)cc2)ccc1Cl. The van der Waals surface area contributed by atoms with Crippen molar-refractivity contribution in [2.24, 2.45) is 0 Å². The lowest BCUT2D eigenvalue weighted by molar-refractivity contribution is 0.460. The molecule has 0 aliphatic carbocycles. The molecule has 0 aliphatic heterocycles. The summed E-state index contributed by atoms with van der Waals surface area (Å²) in [5.41, 5.74) is 0.205. The van der Waals surface area contributed by atoms with E-state index in [-0.39, 0.29) is 22.0 Å². The van der Waals surface area contributed by atoms with E-state index in [1.807, 2.05) is 0 Å². The van der Waals surface area contributed by atoms with Gasteiger partial charge in [0.1, 0.15) is 27.9 Å². The minimum Gasteiger partial charge on any atom is -0.438 e. The van der Waals surface area contributed by atoms with Gasteiger partial charge in [-0.05, 0) is 73.2 Å². The highest BCUT2D eigenvalue weighted by Crippen LogP contribution is 2.29. The van der Waals surface area contributed by atoms with Crippen LogP contribution in [0.4, 0.5) is 0 Å². The molecule has 2 heterocycles. The third-order valence-corrected chi connectivity index (χ3v) is 7.23. The number of nitrogens with zero attached hydrogens (tertiary/aromatic N) is 3. The number of aromatic nitrogens is 2. The van der Waals surface area contributed by atoms with Gasteiger partial charge in [-0.25, -0.2) is 8.42 Å². The molecule has 0 saturated carbocycles. The molecule has 2 aromatic heterocycles. The van der Waals surface area contributed by atoms with Gasteiger partial charge in [-0.15, -0.1) is 0 Å². The van der Waals surface area contributed by atoms with E-state index in [1.54, 1.807) is 49.4 Å². The molecule has 0 amide bonds. The number of pyridine rings is 1. The van der Waals surface area contributed by atoms with Crippen LogP contribution in [-0.4, -0.2) is 17.8 Å². The van der Waals surface area contributed by atoms with Crippen LogP contribution in [0.3, 0.4) is 0 Å². The van der Waals surface area contributed by atoms with Crippen LogP contribution in [0.1, 0.15) is 11.1 Å². The van der Waals surface area contributed by atoms with Crippen molar-refractivity contribution >= 4 is 44.8 Å². The van der Waals surface area contributed by atoms with Gasteiger partial charge in [-0.3, -0.25) is 9.20 Å². The average Bonchev–Trinajstić information content (AvgIpc) is 2.81. The number of aryl methyl sites for hydroxylation is 1. The number of sulfone groups is 1. The second-order valence-electron chi connectivity index (χ2n) is 7.16. The second kappa shape index (κ2) is 9.31. The van der Waals surface area contributed by atoms with Crippen molar-refractivity contribution in [2.75, 3.05) is 0 Å². The molecule has 170 valence electrons. The summed E-state index contributed by atoms with van der Waals surface area (Å²) in [6.07, 6.45) is 2.45. The first-order valence-corrected chi connectivity index (χ1v) is 12.0. The number of hydrogen-bond acceptors (Lipinski definition) is 6. The van der Waals surface area contributed by atoms with Gasteiger partial charge in [-0.2, -0.15) is 10.2 Å². The number of benzene rings is 2. The Labute approximate surface area is 205 Å². The van der Waals surface area contributed by atoms with Gasteiger partial charge in [0.25, 0.3) is 5.56 Å². The van der Waals surface area contributed by atoms with E-state index in [2.05, 4.69) is 4.98 Å². The summed E-state index contributed by atoms with van der Waals surface area (Å²) in [5, 5.41) is 10.6. The minimum absolute atomic E-state index is 0.144. The monoisotopic (exact) mass is 511 g/mol. The second-order valence-corrected chi connectivity index (χ2v) is 9.92. The van der Waals surface area contributed by atoms with E-state index in [1.165, 1.54) is 34.9 Å². The molecule has 0 spiro atoms. The van der Waals surface area contributed by atoms with Gasteiger partial charge in [0.2, 0.25) is 15.7 Å². The molecule has 2 aromatic carbocycles. The molecule has 10 heteroatoms. The fraction of sp³-hybridized carbons (Fsp3) is 0.0417. The molecule has 0 fully saturated rings. The fourth-order valence-corrected chi connectivity index (χ4v) is 4.50. The van der Waals surface area contributed by atoms with Gasteiger partial charge in [0.15, 0.2) is 0 Å². The predicted molar refractivity (Wildman–Crippen MR) is 130 cm³/mol. The van der Waals surface area contributed by atoms with Crippen molar-refractivity contribution in [2.45, 2.75) is 11.8 Å². The van der Waals surface area contributed by atoms with Crippen molar-refractivity contribution in [3.63, 3.8) is 0 Å².